The summed E-state index contributed by atoms with van der Waals surface area (Å²) in [7, 11) is 0. The first-order chi connectivity index (χ1) is 13.6. The molecule has 1 fully saturated rings. The predicted molar refractivity (Wildman–Crippen MR) is 113 cm³/mol. The minimum atomic E-state index is -0.303. The molecule has 2 aliphatic rings. The van der Waals surface area contributed by atoms with E-state index in [4.69, 9.17) is 4.74 Å². The lowest BCUT2D eigenvalue weighted by atomic mass is 9.99. The van der Waals surface area contributed by atoms with Crippen molar-refractivity contribution >= 4 is 33.0 Å². The lowest BCUT2D eigenvalue weighted by molar-refractivity contribution is 0.0850. The molecule has 3 atom stereocenters. The summed E-state index contributed by atoms with van der Waals surface area (Å²) in [4.78, 5) is 19.9. The summed E-state index contributed by atoms with van der Waals surface area (Å²) < 4.78 is 7.32. The van der Waals surface area contributed by atoms with Crippen LogP contribution in [0.1, 0.15) is 41.7 Å². The van der Waals surface area contributed by atoms with E-state index in [0.29, 0.717) is 29.8 Å². The molecule has 2 aliphatic heterocycles. The second kappa shape index (κ2) is 6.87. The second-order valence-electron chi connectivity index (χ2n) is 7.81. The fourth-order valence-electron chi connectivity index (χ4n) is 4.21. The number of carbonyl (C=O) groups excluding carboxylic acids is 1. The smallest absolute Gasteiger partial charge is 0.170 e. The van der Waals surface area contributed by atoms with E-state index in [1.165, 1.54) is 0 Å². The zero-order valence-corrected chi connectivity index (χ0v) is 16.8. The van der Waals surface area contributed by atoms with Gasteiger partial charge in [0, 0.05) is 30.9 Å². The molecule has 0 aliphatic carbocycles. The van der Waals surface area contributed by atoms with Crippen LogP contribution in [0, 0.1) is 0 Å². The Bertz CT molecular complexity index is 1000. The van der Waals surface area contributed by atoms with Gasteiger partial charge in [0.15, 0.2) is 11.9 Å². The van der Waals surface area contributed by atoms with Crippen LogP contribution in [-0.2, 0) is 0 Å². The number of para-hydroxylation sites is 1. The Hall–Kier alpha value is -2.44. The number of benzene rings is 2. The van der Waals surface area contributed by atoms with Crippen LogP contribution in [0.3, 0.4) is 0 Å². The van der Waals surface area contributed by atoms with Crippen molar-refractivity contribution in [2.24, 2.45) is 0 Å². The molecule has 0 saturated carbocycles. The molecule has 1 unspecified atom stereocenters. The van der Waals surface area contributed by atoms with Crippen LogP contribution in [0.25, 0.3) is 10.2 Å². The highest BCUT2D eigenvalue weighted by atomic mass is 32.1. The monoisotopic (exact) mass is 393 g/mol. The largest absolute Gasteiger partial charge is 0.482 e. The van der Waals surface area contributed by atoms with Gasteiger partial charge in [0.1, 0.15) is 10.8 Å². The normalized spacial score (nSPS) is 24.9. The third-order valence-corrected chi connectivity index (χ3v) is 6.54. The minimum absolute atomic E-state index is 0.128. The zero-order valence-electron chi connectivity index (χ0n) is 16.0. The highest BCUT2D eigenvalue weighted by Gasteiger charge is 2.31. The van der Waals surface area contributed by atoms with Crippen molar-refractivity contribution in [3.63, 3.8) is 0 Å². The summed E-state index contributed by atoms with van der Waals surface area (Å²) in [6.07, 6.45) is 0.0347. The molecular formula is C22H23N3O2S. The second-order valence-corrected chi connectivity index (χ2v) is 8.87. The van der Waals surface area contributed by atoms with Gasteiger partial charge < -0.3 is 15.0 Å². The van der Waals surface area contributed by atoms with Crippen molar-refractivity contribution < 1.29 is 9.53 Å². The lowest BCUT2D eigenvalue weighted by Gasteiger charge is -2.38. The van der Waals surface area contributed by atoms with Crippen LogP contribution in [-0.4, -0.2) is 35.9 Å². The van der Waals surface area contributed by atoms with Gasteiger partial charge in [-0.05, 0) is 44.2 Å². The van der Waals surface area contributed by atoms with Gasteiger partial charge in [0.05, 0.1) is 22.2 Å². The first-order valence-corrected chi connectivity index (χ1v) is 10.6. The quantitative estimate of drug-likeness (QED) is 0.708. The number of rotatable bonds is 2. The maximum Gasteiger partial charge on any atom is 0.170 e. The van der Waals surface area contributed by atoms with Gasteiger partial charge in [-0.3, -0.25) is 4.79 Å². The Morgan fingerprint density at radius 2 is 1.93 bits per heavy atom. The molecule has 5 nitrogen and oxygen atoms in total. The Labute approximate surface area is 168 Å². The number of hydrogen-bond acceptors (Lipinski definition) is 6. The van der Waals surface area contributed by atoms with E-state index in [1.54, 1.807) is 11.3 Å². The number of anilines is 1. The lowest BCUT2D eigenvalue weighted by Crippen LogP contribution is -2.54. The first kappa shape index (κ1) is 17.6. The SMILES string of the molecule is C[C@@H]1CN(c2ccc3c(c2)C(=O)CC(c2nc4ccccc4s2)O3)C[C@H](C)N1. The molecule has 0 spiro atoms. The Morgan fingerprint density at radius 1 is 1.14 bits per heavy atom. The molecule has 0 radical (unpaired) electrons. The van der Waals surface area contributed by atoms with E-state index >= 15 is 0 Å². The van der Waals surface area contributed by atoms with Gasteiger partial charge in [-0.2, -0.15) is 0 Å². The van der Waals surface area contributed by atoms with Crippen molar-refractivity contribution in [2.75, 3.05) is 18.0 Å². The average molecular weight is 394 g/mol. The molecule has 3 heterocycles. The van der Waals surface area contributed by atoms with Gasteiger partial charge >= 0.3 is 0 Å². The number of thiazole rings is 1. The number of Topliss-reactive ketones (excluding diaryl/α,β-unsaturated/α-hetero) is 1. The number of ether oxygens (including phenoxy) is 1. The first-order valence-electron chi connectivity index (χ1n) is 9.77. The van der Waals surface area contributed by atoms with Gasteiger partial charge in [0.2, 0.25) is 0 Å². The molecule has 1 aromatic heterocycles. The summed E-state index contributed by atoms with van der Waals surface area (Å²) in [6, 6.07) is 14.9. The Morgan fingerprint density at radius 3 is 2.71 bits per heavy atom. The predicted octanol–water partition coefficient (Wildman–Crippen LogP) is 4.19. The summed E-state index contributed by atoms with van der Waals surface area (Å²) in [6.45, 7) is 6.26. The average Bonchev–Trinajstić information content (AvgIpc) is 3.11. The number of nitrogens with one attached hydrogen (secondary N) is 1. The molecule has 6 heteroatoms. The van der Waals surface area contributed by atoms with E-state index in [9.17, 15) is 4.79 Å². The van der Waals surface area contributed by atoms with Crippen LogP contribution in [0.2, 0.25) is 0 Å². The molecule has 2 aromatic carbocycles. The van der Waals surface area contributed by atoms with Crippen LogP contribution in [0.5, 0.6) is 5.75 Å². The van der Waals surface area contributed by atoms with Gasteiger partial charge in [-0.25, -0.2) is 4.98 Å². The Kier molecular flexibility index (Phi) is 4.33. The fourth-order valence-corrected chi connectivity index (χ4v) is 5.21. The topological polar surface area (TPSA) is 54.5 Å². The molecular weight excluding hydrogens is 370 g/mol. The molecule has 1 N–H and O–H groups in total. The molecule has 1 saturated heterocycles. The van der Waals surface area contributed by atoms with E-state index in [2.05, 4.69) is 41.2 Å². The summed E-state index contributed by atoms with van der Waals surface area (Å²) in [5, 5.41) is 4.42. The highest BCUT2D eigenvalue weighted by molar-refractivity contribution is 7.18. The maximum atomic E-state index is 12.9. The molecule has 5 rings (SSSR count). The standard InChI is InChI=1S/C22H23N3O2S/c1-13-11-25(12-14(2)23-13)15-7-8-19-16(9-15)18(26)10-20(27-19)22-24-17-5-3-4-6-21(17)28-22/h3-9,13-14,20,23H,10-12H2,1-2H3/t13-,14+,20?. The third kappa shape index (κ3) is 3.16. The van der Waals surface area contributed by atoms with Crippen molar-refractivity contribution in [3.8, 4) is 5.75 Å². The number of aromatic nitrogens is 1. The molecule has 28 heavy (non-hydrogen) atoms. The van der Waals surface area contributed by atoms with Crippen LogP contribution in [0.4, 0.5) is 5.69 Å². The number of nitrogens with zero attached hydrogens (tertiary/aromatic N) is 2. The molecule has 3 aromatic rings. The van der Waals surface area contributed by atoms with Crippen molar-refractivity contribution in [2.45, 2.75) is 38.5 Å². The molecule has 144 valence electrons. The van der Waals surface area contributed by atoms with E-state index in [0.717, 1.165) is 34.0 Å². The highest BCUT2D eigenvalue weighted by Crippen LogP contribution is 2.39. The summed E-state index contributed by atoms with van der Waals surface area (Å²) in [5.74, 6) is 0.795. The molecule has 0 bridgehead atoms. The summed E-state index contributed by atoms with van der Waals surface area (Å²) in [5.41, 5.74) is 2.74. The van der Waals surface area contributed by atoms with Crippen LogP contribution < -0.4 is 15.0 Å². The Balaban J connectivity index is 1.42. The number of piperazine rings is 1. The molecule has 0 amide bonds. The third-order valence-electron chi connectivity index (χ3n) is 5.41. The number of ketones is 1. The van der Waals surface area contributed by atoms with Gasteiger partial charge in [0.25, 0.3) is 0 Å². The maximum absolute atomic E-state index is 12.9. The number of hydrogen-bond donors (Lipinski definition) is 1. The van der Waals surface area contributed by atoms with Crippen LogP contribution in [0.15, 0.2) is 42.5 Å². The van der Waals surface area contributed by atoms with Crippen molar-refractivity contribution in [1.29, 1.82) is 0 Å². The van der Waals surface area contributed by atoms with E-state index < -0.39 is 0 Å². The fraction of sp³-hybridized carbons (Fsp3) is 0.364. The summed E-state index contributed by atoms with van der Waals surface area (Å²) >= 11 is 1.60. The zero-order chi connectivity index (χ0) is 19.3. The van der Waals surface area contributed by atoms with Crippen molar-refractivity contribution in [3.05, 3.63) is 53.0 Å². The van der Waals surface area contributed by atoms with Crippen LogP contribution >= 0.6 is 11.3 Å². The van der Waals surface area contributed by atoms with Gasteiger partial charge in [-0.1, -0.05) is 12.1 Å². The van der Waals surface area contributed by atoms with E-state index in [1.807, 2.05) is 30.3 Å². The number of fused-ring (bicyclic) bond motifs is 2. The van der Waals surface area contributed by atoms with Gasteiger partial charge in [-0.15, -0.1) is 11.3 Å². The minimum Gasteiger partial charge on any atom is -0.482 e. The number of carbonyl (C=O) groups is 1. The van der Waals surface area contributed by atoms with E-state index in [-0.39, 0.29) is 11.9 Å². The van der Waals surface area contributed by atoms with Crippen molar-refractivity contribution in [1.82, 2.24) is 10.3 Å².